The van der Waals surface area contributed by atoms with Crippen molar-refractivity contribution < 1.29 is 14.3 Å². The fraction of sp³-hybridized carbons (Fsp3) is 0.185. The Kier molecular flexibility index (Phi) is 6.74. The van der Waals surface area contributed by atoms with Gasteiger partial charge in [0.25, 0.3) is 0 Å². The molecule has 0 saturated carbocycles. The van der Waals surface area contributed by atoms with Crippen LogP contribution in [0.3, 0.4) is 0 Å². The summed E-state index contributed by atoms with van der Waals surface area (Å²) in [6, 6.07) is 24.7. The van der Waals surface area contributed by atoms with Crippen molar-refractivity contribution in [3.05, 3.63) is 114 Å². The minimum Gasteiger partial charge on any atom is -0.497 e. The van der Waals surface area contributed by atoms with Crippen molar-refractivity contribution in [2.75, 3.05) is 14.2 Å². The molecule has 3 aromatic carbocycles. The molecule has 1 unspecified atom stereocenters. The molecular weight excluding hydrogens is 414 g/mol. The van der Waals surface area contributed by atoms with Crippen molar-refractivity contribution >= 4 is 5.91 Å². The number of benzene rings is 3. The minimum atomic E-state index is -0.503. The number of nitrogens with one attached hydrogen (secondary N) is 1. The van der Waals surface area contributed by atoms with Crippen LogP contribution in [0.25, 0.3) is 0 Å². The maximum Gasteiger partial charge on any atom is 0.232 e. The smallest absolute Gasteiger partial charge is 0.232 e. The number of carbonyl (C=O) groups excluding carboxylic acids is 1. The van der Waals surface area contributed by atoms with Crippen molar-refractivity contribution in [3.63, 3.8) is 0 Å². The van der Waals surface area contributed by atoms with Crippen LogP contribution in [0.5, 0.6) is 11.5 Å². The number of hydrogen-bond donors (Lipinski definition) is 1. The largest absolute Gasteiger partial charge is 0.497 e. The van der Waals surface area contributed by atoms with Crippen LogP contribution in [0.4, 0.5) is 0 Å². The average molecular weight is 442 g/mol. The lowest BCUT2D eigenvalue weighted by Crippen LogP contribution is -2.35. The van der Waals surface area contributed by atoms with Gasteiger partial charge in [0, 0.05) is 25.5 Å². The number of hydrogen-bond acceptors (Lipinski definition) is 4. The monoisotopic (exact) mass is 441 g/mol. The van der Waals surface area contributed by atoms with E-state index in [0.29, 0.717) is 17.3 Å². The Labute approximate surface area is 193 Å². The SMILES string of the molecule is COc1cc(OC)cc(C(NC(=O)C(c2ccccc2)c2ccccc2)c2nccn2C)c1. The van der Waals surface area contributed by atoms with Crippen LogP contribution in [-0.2, 0) is 11.8 Å². The highest BCUT2D eigenvalue weighted by Gasteiger charge is 2.28. The number of carbonyl (C=O) groups is 1. The van der Waals surface area contributed by atoms with E-state index in [2.05, 4.69) is 10.3 Å². The molecule has 6 heteroatoms. The maximum absolute atomic E-state index is 13.8. The highest BCUT2D eigenvalue weighted by atomic mass is 16.5. The average Bonchev–Trinajstić information content (AvgIpc) is 3.29. The topological polar surface area (TPSA) is 65.4 Å². The molecule has 168 valence electrons. The van der Waals surface area contributed by atoms with E-state index < -0.39 is 12.0 Å². The Morgan fingerprint density at radius 3 is 1.85 bits per heavy atom. The zero-order valence-electron chi connectivity index (χ0n) is 18.9. The molecule has 1 N–H and O–H groups in total. The minimum absolute atomic E-state index is 0.123. The fourth-order valence-corrected chi connectivity index (χ4v) is 3.96. The summed E-state index contributed by atoms with van der Waals surface area (Å²) in [5, 5.41) is 3.24. The second-order valence-electron chi connectivity index (χ2n) is 7.74. The normalized spacial score (nSPS) is 11.8. The second kappa shape index (κ2) is 10.0. The molecule has 6 nitrogen and oxygen atoms in total. The third-order valence-electron chi connectivity index (χ3n) is 5.64. The maximum atomic E-state index is 13.8. The number of amides is 1. The second-order valence-corrected chi connectivity index (χ2v) is 7.74. The zero-order valence-corrected chi connectivity index (χ0v) is 18.9. The van der Waals surface area contributed by atoms with Crippen LogP contribution in [0.2, 0.25) is 0 Å². The van der Waals surface area contributed by atoms with Gasteiger partial charge in [-0.25, -0.2) is 4.98 Å². The fourth-order valence-electron chi connectivity index (χ4n) is 3.96. The Balaban J connectivity index is 1.77. The molecule has 33 heavy (non-hydrogen) atoms. The van der Waals surface area contributed by atoms with Crippen molar-refractivity contribution in [1.29, 1.82) is 0 Å². The first-order valence-electron chi connectivity index (χ1n) is 10.7. The zero-order chi connectivity index (χ0) is 23.2. The van der Waals surface area contributed by atoms with E-state index >= 15 is 0 Å². The summed E-state index contributed by atoms with van der Waals surface area (Å²) >= 11 is 0. The molecule has 4 rings (SSSR count). The molecule has 4 aromatic rings. The summed E-state index contributed by atoms with van der Waals surface area (Å²) in [6.07, 6.45) is 3.58. The number of methoxy groups -OCH3 is 2. The van der Waals surface area contributed by atoms with Gasteiger partial charge in [0.05, 0.1) is 20.1 Å². The van der Waals surface area contributed by atoms with E-state index in [1.54, 1.807) is 26.5 Å². The van der Waals surface area contributed by atoms with Gasteiger partial charge in [-0.15, -0.1) is 0 Å². The van der Waals surface area contributed by atoms with Crippen LogP contribution in [-0.4, -0.2) is 29.7 Å². The van der Waals surface area contributed by atoms with Gasteiger partial charge in [0.1, 0.15) is 23.4 Å². The first-order valence-corrected chi connectivity index (χ1v) is 10.7. The quantitative estimate of drug-likeness (QED) is 0.438. The highest BCUT2D eigenvalue weighted by molar-refractivity contribution is 5.87. The van der Waals surface area contributed by atoms with E-state index in [-0.39, 0.29) is 5.91 Å². The molecule has 0 aliphatic heterocycles. The van der Waals surface area contributed by atoms with E-state index in [0.717, 1.165) is 16.7 Å². The molecule has 0 saturated heterocycles. The van der Waals surface area contributed by atoms with Crippen LogP contribution in [0.1, 0.15) is 34.5 Å². The van der Waals surface area contributed by atoms with Gasteiger partial charge in [0.2, 0.25) is 5.91 Å². The number of aromatic nitrogens is 2. The molecule has 0 radical (unpaired) electrons. The summed E-state index contributed by atoms with van der Waals surface area (Å²) < 4.78 is 12.8. The molecule has 0 aliphatic carbocycles. The highest BCUT2D eigenvalue weighted by Crippen LogP contribution is 2.31. The molecule has 1 heterocycles. The molecule has 0 aliphatic rings. The van der Waals surface area contributed by atoms with Crippen LogP contribution >= 0.6 is 0 Å². The predicted molar refractivity (Wildman–Crippen MR) is 127 cm³/mol. The summed E-state index contributed by atoms with van der Waals surface area (Å²) in [5.41, 5.74) is 2.65. The lowest BCUT2D eigenvalue weighted by molar-refractivity contribution is -0.122. The molecule has 1 atom stereocenters. The predicted octanol–water partition coefficient (Wildman–Crippen LogP) is 4.48. The number of ether oxygens (including phenoxy) is 2. The van der Waals surface area contributed by atoms with Gasteiger partial charge in [-0.05, 0) is 28.8 Å². The van der Waals surface area contributed by atoms with Crippen molar-refractivity contribution in [2.24, 2.45) is 7.05 Å². The number of nitrogens with zero attached hydrogens (tertiary/aromatic N) is 2. The van der Waals surface area contributed by atoms with Gasteiger partial charge in [-0.3, -0.25) is 4.79 Å². The van der Waals surface area contributed by atoms with E-state index in [9.17, 15) is 4.79 Å². The molecule has 0 bridgehead atoms. The molecule has 1 amide bonds. The van der Waals surface area contributed by atoms with E-state index in [1.165, 1.54) is 0 Å². The number of aryl methyl sites for hydroxylation is 1. The van der Waals surface area contributed by atoms with Crippen LogP contribution in [0.15, 0.2) is 91.3 Å². The van der Waals surface area contributed by atoms with Gasteiger partial charge in [-0.2, -0.15) is 0 Å². The summed E-state index contributed by atoms with van der Waals surface area (Å²) in [6.45, 7) is 0. The van der Waals surface area contributed by atoms with Gasteiger partial charge in [0.15, 0.2) is 0 Å². The standard InChI is InChI=1S/C27H27N3O3/c1-30-15-14-28-26(30)25(21-16-22(32-2)18-23(17-21)33-3)29-27(31)24(19-10-6-4-7-11-19)20-12-8-5-9-13-20/h4-18,24-25H,1-3H3,(H,29,31). The van der Waals surface area contributed by atoms with Crippen molar-refractivity contribution in [1.82, 2.24) is 14.9 Å². The Bertz CT molecular complexity index is 1140. The van der Waals surface area contributed by atoms with Gasteiger partial charge in [-0.1, -0.05) is 60.7 Å². The molecule has 1 aromatic heterocycles. The third-order valence-corrected chi connectivity index (χ3v) is 5.64. The Hall–Kier alpha value is -4.06. The molecule has 0 fully saturated rings. The van der Waals surface area contributed by atoms with Crippen LogP contribution < -0.4 is 14.8 Å². The third kappa shape index (κ3) is 4.90. The summed E-state index contributed by atoms with van der Waals surface area (Å²) in [4.78, 5) is 18.4. The Morgan fingerprint density at radius 2 is 1.39 bits per heavy atom. The molecular formula is C27H27N3O3. The van der Waals surface area contributed by atoms with Gasteiger partial charge >= 0.3 is 0 Å². The summed E-state index contributed by atoms with van der Waals surface area (Å²) in [5.74, 6) is 1.39. The Morgan fingerprint density at radius 1 is 0.848 bits per heavy atom. The van der Waals surface area contributed by atoms with Crippen molar-refractivity contribution in [2.45, 2.75) is 12.0 Å². The lowest BCUT2D eigenvalue weighted by Gasteiger charge is -2.24. The lowest BCUT2D eigenvalue weighted by atomic mass is 9.90. The first kappa shape index (κ1) is 22.1. The van der Waals surface area contributed by atoms with Crippen LogP contribution in [0, 0.1) is 0 Å². The molecule has 0 spiro atoms. The number of imidazole rings is 1. The first-order chi connectivity index (χ1) is 16.1. The number of rotatable bonds is 8. The summed E-state index contributed by atoms with van der Waals surface area (Å²) in [7, 11) is 5.12. The van der Waals surface area contributed by atoms with E-state index in [4.69, 9.17) is 9.47 Å². The van der Waals surface area contributed by atoms with E-state index in [1.807, 2.05) is 90.6 Å². The van der Waals surface area contributed by atoms with Crippen molar-refractivity contribution in [3.8, 4) is 11.5 Å². The van der Waals surface area contributed by atoms with Gasteiger partial charge < -0.3 is 19.4 Å².